The fourth-order valence-electron chi connectivity index (χ4n) is 5.25. The molecule has 6 heteroatoms. The van der Waals surface area contributed by atoms with Crippen molar-refractivity contribution in [1.29, 1.82) is 0 Å². The van der Waals surface area contributed by atoms with Gasteiger partial charge in [0.05, 0.1) is 18.8 Å². The summed E-state index contributed by atoms with van der Waals surface area (Å²) in [5.74, 6) is -0.0247. The monoisotopic (exact) mass is 430 g/mol. The number of hydrogen-bond acceptors (Lipinski definition) is 4. The Morgan fingerprint density at radius 2 is 1.84 bits per heavy atom. The van der Waals surface area contributed by atoms with E-state index in [2.05, 4.69) is 32.9 Å². The first-order valence-electron chi connectivity index (χ1n) is 11.7. The van der Waals surface area contributed by atoms with Crippen LogP contribution >= 0.6 is 0 Å². The minimum absolute atomic E-state index is 0.0227. The van der Waals surface area contributed by atoms with E-state index in [1.54, 1.807) is 4.90 Å². The van der Waals surface area contributed by atoms with Crippen LogP contribution in [0.15, 0.2) is 30.3 Å². The van der Waals surface area contributed by atoms with E-state index in [0.717, 1.165) is 25.7 Å². The van der Waals surface area contributed by atoms with Crippen LogP contribution in [0.25, 0.3) is 0 Å². The largest absolute Gasteiger partial charge is 0.394 e. The molecule has 2 aliphatic rings. The van der Waals surface area contributed by atoms with Gasteiger partial charge >= 0.3 is 0 Å². The first-order valence-corrected chi connectivity index (χ1v) is 11.7. The lowest BCUT2D eigenvalue weighted by molar-refractivity contribution is -0.149. The van der Waals surface area contributed by atoms with E-state index < -0.39 is 12.1 Å². The Morgan fingerprint density at radius 3 is 2.48 bits per heavy atom. The van der Waals surface area contributed by atoms with Crippen molar-refractivity contribution in [2.24, 2.45) is 5.41 Å². The van der Waals surface area contributed by atoms with E-state index in [4.69, 9.17) is 0 Å². The lowest BCUT2D eigenvalue weighted by Gasteiger charge is -2.39. The van der Waals surface area contributed by atoms with E-state index in [1.165, 1.54) is 5.56 Å². The third-order valence-electron chi connectivity index (χ3n) is 6.87. The summed E-state index contributed by atoms with van der Waals surface area (Å²) in [6.07, 6.45) is 4.06. The fraction of sp³-hybridized carbons (Fsp3) is 0.680. The van der Waals surface area contributed by atoms with Gasteiger partial charge in [-0.2, -0.15) is 0 Å². The molecular formula is C25H38N2O4. The third-order valence-corrected chi connectivity index (χ3v) is 6.87. The minimum Gasteiger partial charge on any atom is -0.394 e. The second kappa shape index (κ2) is 10.1. The number of amides is 2. The molecule has 0 saturated carbocycles. The molecule has 1 aromatic rings. The molecule has 2 aliphatic heterocycles. The molecule has 3 rings (SSSR count). The predicted octanol–water partition coefficient (Wildman–Crippen LogP) is 2.76. The molecule has 4 atom stereocenters. The molecule has 172 valence electrons. The van der Waals surface area contributed by atoms with Gasteiger partial charge < -0.3 is 20.0 Å². The Balaban J connectivity index is 1.72. The number of carbonyl (C=O) groups is 2. The lowest BCUT2D eigenvalue weighted by atomic mass is 9.85. The molecule has 2 fully saturated rings. The molecular weight excluding hydrogens is 392 g/mol. The van der Waals surface area contributed by atoms with E-state index in [0.29, 0.717) is 25.8 Å². The van der Waals surface area contributed by atoms with Crippen LogP contribution in [0.2, 0.25) is 0 Å². The summed E-state index contributed by atoms with van der Waals surface area (Å²) >= 11 is 0. The molecule has 2 saturated heterocycles. The number of carbonyl (C=O) groups excluding carboxylic acids is 2. The number of nitrogens with zero attached hydrogens (tertiary/aromatic N) is 2. The normalized spacial score (nSPS) is 25.1. The van der Waals surface area contributed by atoms with E-state index in [-0.39, 0.29) is 35.9 Å². The Morgan fingerprint density at radius 1 is 1.13 bits per heavy atom. The van der Waals surface area contributed by atoms with E-state index in [9.17, 15) is 19.8 Å². The summed E-state index contributed by atoms with van der Waals surface area (Å²) in [6.45, 7) is 6.61. The van der Waals surface area contributed by atoms with E-state index >= 15 is 0 Å². The molecule has 2 heterocycles. The van der Waals surface area contributed by atoms with E-state index in [1.807, 2.05) is 23.1 Å². The maximum atomic E-state index is 13.5. The van der Waals surface area contributed by atoms with Crippen LogP contribution < -0.4 is 0 Å². The molecule has 6 nitrogen and oxygen atoms in total. The molecule has 0 unspecified atom stereocenters. The molecule has 0 radical (unpaired) electrons. The maximum Gasteiger partial charge on any atom is 0.245 e. The number of likely N-dealkylation sites (tertiary alicyclic amines) is 2. The van der Waals surface area contributed by atoms with Crippen molar-refractivity contribution in [3.05, 3.63) is 35.9 Å². The highest BCUT2D eigenvalue weighted by Crippen LogP contribution is 2.38. The standard InChI is InChI=1S/C25H38N2O4/c1-25(2,3)22-15-14-20(24(31)26-16-8-12-19(26)21(29)17-28)27(22)23(30)13-7-11-18-9-5-4-6-10-18/h4-6,9-10,19-22,28-29H,7-8,11-17H2,1-3H3/t19-,20-,21-,22+/m0/s1. The Labute approximate surface area is 186 Å². The Hall–Kier alpha value is -1.92. The zero-order valence-electron chi connectivity index (χ0n) is 19.2. The summed E-state index contributed by atoms with van der Waals surface area (Å²) in [4.78, 5) is 30.4. The van der Waals surface area contributed by atoms with Crippen LogP contribution in [-0.4, -0.2) is 69.2 Å². The van der Waals surface area contributed by atoms with Gasteiger partial charge in [-0.25, -0.2) is 0 Å². The molecule has 1 aromatic carbocycles. The van der Waals surface area contributed by atoms with Crippen LogP contribution in [0.5, 0.6) is 0 Å². The highest BCUT2D eigenvalue weighted by Gasteiger charge is 2.48. The second-order valence-corrected chi connectivity index (χ2v) is 10.1. The van der Waals surface area contributed by atoms with Crippen LogP contribution in [-0.2, 0) is 16.0 Å². The van der Waals surface area contributed by atoms with Gasteiger partial charge in [0.25, 0.3) is 0 Å². The topological polar surface area (TPSA) is 81.1 Å². The summed E-state index contributed by atoms with van der Waals surface area (Å²) in [5, 5.41) is 19.6. The van der Waals surface area contributed by atoms with Gasteiger partial charge in [-0.05, 0) is 49.5 Å². The van der Waals surface area contributed by atoms with Crippen LogP contribution in [0.4, 0.5) is 0 Å². The van der Waals surface area contributed by atoms with Crippen molar-refractivity contribution in [2.75, 3.05) is 13.2 Å². The smallest absolute Gasteiger partial charge is 0.245 e. The van der Waals surface area contributed by atoms with Crippen molar-refractivity contribution < 1.29 is 19.8 Å². The van der Waals surface area contributed by atoms with Crippen molar-refractivity contribution in [2.45, 2.75) is 89.9 Å². The quantitative estimate of drug-likeness (QED) is 0.697. The molecule has 31 heavy (non-hydrogen) atoms. The molecule has 0 spiro atoms. The van der Waals surface area contributed by atoms with Crippen LogP contribution in [0, 0.1) is 5.41 Å². The van der Waals surface area contributed by atoms with Gasteiger partial charge in [0, 0.05) is 19.0 Å². The van der Waals surface area contributed by atoms with Crippen molar-refractivity contribution in [1.82, 2.24) is 9.80 Å². The number of rotatable bonds is 7. The highest BCUT2D eigenvalue weighted by atomic mass is 16.3. The van der Waals surface area contributed by atoms with Gasteiger partial charge in [-0.15, -0.1) is 0 Å². The highest BCUT2D eigenvalue weighted by molar-refractivity contribution is 5.89. The van der Waals surface area contributed by atoms with Gasteiger partial charge in [-0.3, -0.25) is 9.59 Å². The Bertz CT molecular complexity index is 746. The number of hydrogen-bond donors (Lipinski definition) is 2. The summed E-state index contributed by atoms with van der Waals surface area (Å²) in [5.41, 5.74) is 1.11. The number of benzene rings is 1. The molecule has 0 aliphatic carbocycles. The van der Waals surface area contributed by atoms with Crippen LogP contribution in [0.1, 0.15) is 64.9 Å². The first-order chi connectivity index (χ1) is 14.7. The van der Waals surface area contributed by atoms with Crippen molar-refractivity contribution >= 4 is 11.8 Å². The predicted molar refractivity (Wildman–Crippen MR) is 120 cm³/mol. The molecule has 2 N–H and O–H groups in total. The average molecular weight is 431 g/mol. The summed E-state index contributed by atoms with van der Waals surface area (Å²) < 4.78 is 0. The zero-order chi connectivity index (χ0) is 22.6. The van der Waals surface area contributed by atoms with Gasteiger partial charge in [0.15, 0.2) is 0 Å². The summed E-state index contributed by atoms with van der Waals surface area (Å²) in [6, 6.07) is 9.35. The Kier molecular flexibility index (Phi) is 7.76. The van der Waals surface area contributed by atoms with Crippen LogP contribution in [0.3, 0.4) is 0 Å². The third kappa shape index (κ3) is 5.47. The van der Waals surface area contributed by atoms with Gasteiger partial charge in [-0.1, -0.05) is 51.1 Å². The number of aliphatic hydroxyl groups is 2. The fourth-order valence-corrected chi connectivity index (χ4v) is 5.25. The van der Waals surface area contributed by atoms with Gasteiger partial charge in [0.1, 0.15) is 6.04 Å². The molecule has 0 aromatic heterocycles. The van der Waals surface area contributed by atoms with Crippen molar-refractivity contribution in [3.63, 3.8) is 0 Å². The van der Waals surface area contributed by atoms with Gasteiger partial charge in [0.2, 0.25) is 11.8 Å². The molecule has 0 bridgehead atoms. The SMILES string of the molecule is CC(C)(C)[C@H]1CC[C@@H](C(=O)N2CCC[C@H]2[C@@H](O)CO)N1C(=O)CCCc1ccccc1. The minimum atomic E-state index is -0.929. The second-order valence-electron chi connectivity index (χ2n) is 10.1. The maximum absolute atomic E-state index is 13.5. The molecule has 2 amide bonds. The number of aryl methyl sites for hydroxylation is 1. The summed E-state index contributed by atoms with van der Waals surface area (Å²) in [7, 11) is 0. The zero-order valence-corrected chi connectivity index (χ0v) is 19.2. The lowest BCUT2D eigenvalue weighted by Crippen LogP contribution is -2.55. The number of aliphatic hydroxyl groups excluding tert-OH is 2. The first kappa shape index (κ1) is 23.7. The average Bonchev–Trinajstić information content (AvgIpc) is 3.40. The van der Waals surface area contributed by atoms with Crippen molar-refractivity contribution in [3.8, 4) is 0 Å².